The fourth-order valence-corrected chi connectivity index (χ4v) is 9.30. The molecule has 1 aliphatic carbocycles. The van der Waals surface area contributed by atoms with Crippen molar-refractivity contribution < 1.29 is 4.79 Å². The second-order valence-corrected chi connectivity index (χ2v) is 14.1. The molecule has 10 aromatic rings. The van der Waals surface area contributed by atoms with E-state index in [4.69, 9.17) is 4.98 Å². The standard InChI is InChI=1S/C49H32N2O/c52-48-45(31-17-5-2-6-18-31)44(30-15-3-1-4-16-30)47(48)46-37-23-11-8-20-34(37)33-19-7-10-22-36(33)43(46)32-27-28-41-39(29-32)35-21-9-12-24-38(35)49-50-40-25-13-14-26-42(40)51(41)49/h1-29,44-45,47H. The predicted molar refractivity (Wildman–Crippen MR) is 214 cm³/mol. The molecule has 0 amide bonds. The minimum absolute atomic E-state index is 0.00218. The number of hydrogen-bond donors (Lipinski definition) is 0. The Balaban J connectivity index is 1.25. The van der Waals surface area contributed by atoms with Gasteiger partial charge in [-0.1, -0.05) is 152 Å². The van der Waals surface area contributed by atoms with Crippen molar-refractivity contribution in [2.45, 2.75) is 17.8 Å². The zero-order valence-electron chi connectivity index (χ0n) is 28.3. The van der Waals surface area contributed by atoms with Crippen LogP contribution in [-0.4, -0.2) is 15.2 Å². The molecule has 11 rings (SSSR count). The molecule has 1 saturated carbocycles. The molecule has 0 radical (unpaired) electrons. The normalized spacial score (nSPS) is 17.5. The first-order valence-electron chi connectivity index (χ1n) is 18.1. The van der Waals surface area contributed by atoms with Crippen molar-refractivity contribution in [2.24, 2.45) is 0 Å². The van der Waals surface area contributed by atoms with E-state index in [0.29, 0.717) is 0 Å². The predicted octanol–water partition coefficient (Wildman–Crippen LogP) is 12.0. The average Bonchev–Trinajstić information content (AvgIpc) is 3.61. The number of carbonyl (C=O) groups excluding carboxylic acids is 1. The van der Waals surface area contributed by atoms with E-state index in [-0.39, 0.29) is 23.5 Å². The van der Waals surface area contributed by atoms with E-state index in [1.54, 1.807) is 0 Å². The number of para-hydroxylation sites is 2. The zero-order valence-corrected chi connectivity index (χ0v) is 28.3. The van der Waals surface area contributed by atoms with Crippen LogP contribution in [0.25, 0.3) is 71.0 Å². The van der Waals surface area contributed by atoms with Gasteiger partial charge in [0.15, 0.2) is 0 Å². The van der Waals surface area contributed by atoms with Gasteiger partial charge in [-0.3, -0.25) is 9.20 Å². The Bertz CT molecular complexity index is 3050. The number of pyridine rings is 1. The highest BCUT2D eigenvalue weighted by Crippen LogP contribution is 2.59. The summed E-state index contributed by atoms with van der Waals surface area (Å²) in [6.45, 7) is 0. The molecule has 0 N–H and O–H groups in total. The smallest absolute Gasteiger partial charge is 0.149 e. The van der Waals surface area contributed by atoms with Gasteiger partial charge in [0.25, 0.3) is 0 Å². The van der Waals surface area contributed by atoms with Crippen molar-refractivity contribution in [3.05, 3.63) is 193 Å². The van der Waals surface area contributed by atoms with Crippen LogP contribution in [0.3, 0.4) is 0 Å². The van der Waals surface area contributed by atoms with Crippen LogP contribution >= 0.6 is 0 Å². The summed E-state index contributed by atoms with van der Waals surface area (Å²) >= 11 is 0. The van der Waals surface area contributed by atoms with Crippen LogP contribution in [0.4, 0.5) is 0 Å². The summed E-state index contributed by atoms with van der Waals surface area (Å²) in [5.74, 6) is -0.253. The van der Waals surface area contributed by atoms with Gasteiger partial charge in [-0.25, -0.2) is 4.98 Å². The van der Waals surface area contributed by atoms with E-state index >= 15 is 0 Å². The Morgan fingerprint density at radius 2 is 1.00 bits per heavy atom. The summed E-state index contributed by atoms with van der Waals surface area (Å²) < 4.78 is 2.31. The quantitative estimate of drug-likeness (QED) is 0.176. The van der Waals surface area contributed by atoms with Crippen LogP contribution in [-0.2, 0) is 4.79 Å². The molecule has 0 bridgehead atoms. The van der Waals surface area contributed by atoms with E-state index < -0.39 is 0 Å². The summed E-state index contributed by atoms with van der Waals surface area (Å²) in [5.41, 5.74) is 9.81. The Hall–Kier alpha value is -6.58. The molecule has 1 aliphatic rings. The minimum Gasteiger partial charge on any atom is -0.298 e. The molecular weight excluding hydrogens is 633 g/mol. The van der Waals surface area contributed by atoms with Crippen LogP contribution in [0.1, 0.15) is 34.4 Å². The third-order valence-electron chi connectivity index (χ3n) is 11.5. The summed E-state index contributed by atoms with van der Waals surface area (Å²) in [6.07, 6.45) is 0. The summed E-state index contributed by atoms with van der Waals surface area (Å²) in [6, 6.07) is 62.3. The maximum atomic E-state index is 14.9. The molecule has 244 valence electrons. The lowest BCUT2D eigenvalue weighted by Gasteiger charge is -2.45. The lowest BCUT2D eigenvalue weighted by molar-refractivity contribution is -0.129. The third-order valence-corrected chi connectivity index (χ3v) is 11.5. The SMILES string of the molecule is O=C1C(c2ccccc2)C(c2ccccc2)C1c1c(-c2ccc3c(c2)c2ccccc2c2nc4ccccc4n32)c2ccccc2c2ccccc12. The van der Waals surface area contributed by atoms with Gasteiger partial charge in [-0.05, 0) is 79.0 Å². The van der Waals surface area contributed by atoms with Crippen molar-refractivity contribution >= 4 is 65.7 Å². The number of benzene rings is 8. The molecule has 52 heavy (non-hydrogen) atoms. The Kier molecular flexibility index (Phi) is 6.29. The van der Waals surface area contributed by atoms with Gasteiger partial charge in [0.05, 0.1) is 28.4 Å². The molecule has 0 aliphatic heterocycles. The van der Waals surface area contributed by atoms with Gasteiger partial charge in [-0.15, -0.1) is 0 Å². The number of nitrogens with zero attached hydrogens (tertiary/aromatic N) is 2. The van der Waals surface area contributed by atoms with Crippen LogP contribution in [0.15, 0.2) is 176 Å². The number of Topliss-reactive ketones (excluding diaryl/α,β-unsaturated/α-hetero) is 1. The fraction of sp³-hybridized carbons (Fsp3) is 0.0612. The van der Waals surface area contributed by atoms with Crippen molar-refractivity contribution in [2.75, 3.05) is 0 Å². The first-order chi connectivity index (χ1) is 25.8. The highest BCUT2D eigenvalue weighted by molar-refractivity contribution is 6.20. The zero-order chi connectivity index (χ0) is 34.3. The minimum atomic E-state index is -0.315. The number of ketones is 1. The third kappa shape index (κ3) is 4.08. The molecule has 2 aromatic heterocycles. The molecule has 3 heteroatoms. The summed E-state index contributed by atoms with van der Waals surface area (Å²) in [5, 5.41) is 8.13. The second-order valence-electron chi connectivity index (χ2n) is 14.1. The maximum absolute atomic E-state index is 14.9. The molecule has 3 atom stereocenters. The second kappa shape index (κ2) is 11.2. The first-order valence-corrected chi connectivity index (χ1v) is 18.1. The van der Waals surface area contributed by atoms with E-state index in [1.807, 2.05) is 6.07 Å². The van der Waals surface area contributed by atoms with Crippen LogP contribution in [0.2, 0.25) is 0 Å². The van der Waals surface area contributed by atoms with Gasteiger partial charge in [0, 0.05) is 16.7 Å². The fourth-order valence-electron chi connectivity index (χ4n) is 9.30. The number of imidazole rings is 1. The Labute approximate surface area is 300 Å². The highest BCUT2D eigenvalue weighted by atomic mass is 16.1. The maximum Gasteiger partial charge on any atom is 0.149 e. The van der Waals surface area contributed by atoms with Crippen molar-refractivity contribution in [3.63, 3.8) is 0 Å². The number of fused-ring (bicyclic) bond motifs is 11. The highest BCUT2D eigenvalue weighted by Gasteiger charge is 2.52. The van der Waals surface area contributed by atoms with Crippen molar-refractivity contribution in [3.8, 4) is 11.1 Å². The molecule has 3 nitrogen and oxygen atoms in total. The molecule has 0 saturated heterocycles. The van der Waals surface area contributed by atoms with Crippen molar-refractivity contribution in [1.29, 1.82) is 0 Å². The summed E-state index contributed by atoms with van der Waals surface area (Å²) in [7, 11) is 0. The molecule has 2 heterocycles. The number of hydrogen-bond acceptors (Lipinski definition) is 2. The van der Waals surface area contributed by atoms with Gasteiger partial charge < -0.3 is 0 Å². The van der Waals surface area contributed by atoms with Gasteiger partial charge in [0.1, 0.15) is 11.4 Å². The van der Waals surface area contributed by atoms with Crippen LogP contribution in [0.5, 0.6) is 0 Å². The van der Waals surface area contributed by atoms with E-state index in [1.165, 1.54) is 21.7 Å². The Morgan fingerprint density at radius 1 is 0.442 bits per heavy atom. The monoisotopic (exact) mass is 664 g/mol. The lowest BCUT2D eigenvalue weighted by Crippen LogP contribution is -2.42. The van der Waals surface area contributed by atoms with E-state index in [0.717, 1.165) is 66.0 Å². The van der Waals surface area contributed by atoms with Gasteiger partial charge in [-0.2, -0.15) is 0 Å². The molecule has 1 fully saturated rings. The Morgan fingerprint density at radius 3 is 1.73 bits per heavy atom. The average molecular weight is 665 g/mol. The topological polar surface area (TPSA) is 34.4 Å². The number of rotatable bonds is 4. The van der Waals surface area contributed by atoms with E-state index in [9.17, 15) is 4.79 Å². The van der Waals surface area contributed by atoms with Crippen LogP contribution < -0.4 is 0 Å². The van der Waals surface area contributed by atoms with E-state index in [2.05, 4.69) is 174 Å². The summed E-state index contributed by atoms with van der Waals surface area (Å²) in [4.78, 5) is 20.0. The van der Waals surface area contributed by atoms with Crippen LogP contribution in [0, 0.1) is 0 Å². The first kappa shape index (κ1) is 29.2. The molecule has 8 aromatic carbocycles. The lowest BCUT2D eigenvalue weighted by atomic mass is 9.55. The molecular formula is C49H32N2O. The van der Waals surface area contributed by atoms with Gasteiger partial charge >= 0.3 is 0 Å². The number of aromatic nitrogens is 2. The van der Waals surface area contributed by atoms with Gasteiger partial charge in [0.2, 0.25) is 0 Å². The largest absolute Gasteiger partial charge is 0.298 e. The van der Waals surface area contributed by atoms with Crippen molar-refractivity contribution in [1.82, 2.24) is 9.38 Å². The molecule has 0 spiro atoms. The molecule has 3 unspecified atom stereocenters. The number of carbonyl (C=O) groups is 1.